The third-order valence-electron chi connectivity index (χ3n) is 2.52. The third-order valence-corrected chi connectivity index (χ3v) is 2.52. The fraction of sp³-hybridized carbons (Fsp3) is 0.273. The molecule has 2 heterocycles. The summed E-state index contributed by atoms with van der Waals surface area (Å²) in [6, 6.07) is 3.78. The van der Waals surface area contributed by atoms with Crippen molar-refractivity contribution in [1.29, 1.82) is 0 Å². The Kier molecular flexibility index (Phi) is 2.76. The van der Waals surface area contributed by atoms with Crippen LogP contribution in [0.2, 0.25) is 0 Å². The average Bonchev–Trinajstić information content (AvgIpc) is 2.86. The topological polar surface area (TPSA) is 81.8 Å². The van der Waals surface area contributed by atoms with Crippen LogP contribution in [-0.4, -0.2) is 26.0 Å². The quantitative estimate of drug-likeness (QED) is 0.735. The summed E-state index contributed by atoms with van der Waals surface area (Å²) in [5, 5.41) is 9.00. The first-order chi connectivity index (χ1) is 7.72. The molecule has 2 aromatic heterocycles. The summed E-state index contributed by atoms with van der Waals surface area (Å²) in [4.78, 5) is 21.1. The van der Waals surface area contributed by atoms with Gasteiger partial charge in [-0.05, 0) is 18.6 Å². The summed E-state index contributed by atoms with van der Waals surface area (Å²) in [5.74, 6) is -0.918. The fourth-order valence-electron chi connectivity index (χ4n) is 1.63. The number of hydrogen-bond acceptors (Lipinski definition) is 2. The van der Waals surface area contributed by atoms with E-state index < -0.39 is 11.9 Å². The molecule has 0 bridgehead atoms. The molecule has 1 unspecified atom stereocenters. The second-order valence-corrected chi connectivity index (χ2v) is 3.56. The smallest absolute Gasteiger partial charge is 0.314 e. The number of hydrogen-bond donors (Lipinski definition) is 3. The lowest BCUT2D eigenvalue weighted by Gasteiger charge is -2.04. The Labute approximate surface area is 92.5 Å². The van der Waals surface area contributed by atoms with Crippen LogP contribution in [0.4, 0.5) is 0 Å². The molecule has 84 valence electrons. The molecule has 2 rings (SSSR count). The number of imidazole rings is 1. The van der Waals surface area contributed by atoms with E-state index in [9.17, 15) is 4.79 Å². The van der Waals surface area contributed by atoms with Crippen molar-refractivity contribution < 1.29 is 9.90 Å². The summed E-state index contributed by atoms with van der Waals surface area (Å²) < 4.78 is 0. The molecule has 0 aliphatic heterocycles. The Hall–Kier alpha value is -2.04. The molecule has 5 heteroatoms. The van der Waals surface area contributed by atoms with E-state index in [1.165, 1.54) is 0 Å². The van der Waals surface area contributed by atoms with Crippen LogP contribution < -0.4 is 0 Å². The van der Waals surface area contributed by atoms with Crippen molar-refractivity contribution in [3.63, 3.8) is 0 Å². The molecular weight excluding hydrogens is 206 g/mol. The predicted octanol–water partition coefficient (Wildman–Crippen LogP) is 1.98. The molecule has 0 saturated carbocycles. The maximum Gasteiger partial charge on any atom is 0.314 e. The number of nitrogens with one attached hydrogen (secondary N) is 2. The minimum absolute atomic E-state index is 0.500. The van der Waals surface area contributed by atoms with Crippen molar-refractivity contribution in [3.05, 3.63) is 30.4 Å². The number of carbonyl (C=O) groups is 1. The van der Waals surface area contributed by atoms with Crippen LogP contribution >= 0.6 is 0 Å². The lowest BCUT2D eigenvalue weighted by atomic mass is 10.1. The van der Waals surface area contributed by atoms with Crippen LogP contribution in [0, 0.1) is 0 Å². The summed E-state index contributed by atoms with van der Waals surface area (Å²) in [6.45, 7) is 1.83. The second kappa shape index (κ2) is 4.22. The highest BCUT2D eigenvalue weighted by molar-refractivity contribution is 5.75. The molecule has 5 nitrogen and oxygen atoms in total. The predicted molar refractivity (Wildman–Crippen MR) is 59.0 cm³/mol. The molecule has 0 amide bonds. The zero-order chi connectivity index (χ0) is 11.5. The summed E-state index contributed by atoms with van der Waals surface area (Å²) in [5.41, 5.74) is 1.71. The van der Waals surface area contributed by atoms with Crippen LogP contribution in [0.1, 0.15) is 25.1 Å². The van der Waals surface area contributed by atoms with Crippen molar-refractivity contribution in [2.24, 2.45) is 0 Å². The molecular formula is C11H13N3O2. The van der Waals surface area contributed by atoms with E-state index >= 15 is 0 Å². The number of rotatable bonds is 4. The molecule has 3 N–H and O–H groups in total. The molecule has 1 atom stereocenters. The highest BCUT2D eigenvalue weighted by Gasteiger charge is 2.20. The first-order valence-corrected chi connectivity index (χ1v) is 5.13. The van der Waals surface area contributed by atoms with Gasteiger partial charge >= 0.3 is 5.97 Å². The van der Waals surface area contributed by atoms with E-state index in [4.69, 9.17) is 5.11 Å². The van der Waals surface area contributed by atoms with Gasteiger partial charge in [0.25, 0.3) is 0 Å². The van der Waals surface area contributed by atoms with Gasteiger partial charge in [0.2, 0.25) is 0 Å². The Bertz CT molecular complexity index is 473. The SMILES string of the molecule is CCC(C(=O)O)c1ncc(-c2ccc[nH]2)[nH]1. The number of carboxylic acids is 1. The summed E-state index contributed by atoms with van der Waals surface area (Å²) >= 11 is 0. The largest absolute Gasteiger partial charge is 0.481 e. The third kappa shape index (κ3) is 1.84. The number of aromatic amines is 2. The van der Waals surface area contributed by atoms with Crippen molar-refractivity contribution in [2.45, 2.75) is 19.3 Å². The Morgan fingerprint density at radius 1 is 1.56 bits per heavy atom. The van der Waals surface area contributed by atoms with E-state index in [2.05, 4.69) is 15.0 Å². The van der Waals surface area contributed by atoms with Gasteiger partial charge in [0, 0.05) is 6.20 Å². The van der Waals surface area contributed by atoms with Gasteiger partial charge in [-0.3, -0.25) is 4.79 Å². The highest BCUT2D eigenvalue weighted by Crippen LogP contribution is 2.20. The van der Waals surface area contributed by atoms with Crippen LogP contribution in [0.3, 0.4) is 0 Å². The molecule has 16 heavy (non-hydrogen) atoms. The van der Waals surface area contributed by atoms with Gasteiger partial charge in [0.1, 0.15) is 11.7 Å². The first kappa shape index (κ1) is 10.5. The average molecular weight is 219 g/mol. The van der Waals surface area contributed by atoms with E-state index in [1.54, 1.807) is 6.20 Å². The lowest BCUT2D eigenvalue weighted by molar-refractivity contribution is -0.139. The monoisotopic (exact) mass is 219 g/mol. The van der Waals surface area contributed by atoms with Gasteiger partial charge in [-0.2, -0.15) is 0 Å². The summed E-state index contributed by atoms with van der Waals surface area (Å²) in [7, 11) is 0. The highest BCUT2D eigenvalue weighted by atomic mass is 16.4. The van der Waals surface area contributed by atoms with E-state index in [0.717, 1.165) is 11.4 Å². The van der Waals surface area contributed by atoms with Gasteiger partial charge in [0.05, 0.1) is 17.6 Å². The molecule has 0 aliphatic carbocycles. The van der Waals surface area contributed by atoms with Crippen LogP contribution in [0.25, 0.3) is 11.4 Å². The van der Waals surface area contributed by atoms with Crippen molar-refractivity contribution in [2.75, 3.05) is 0 Å². The molecule has 0 radical (unpaired) electrons. The number of H-pyrrole nitrogens is 2. The van der Waals surface area contributed by atoms with E-state index in [1.807, 2.05) is 25.3 Å². The minimum Gasteiger partial charge on any atom is -0.481 e. The molecule has 0 aromatic carbocycles. The zero-order valence-electron chi connectivity index (χ0n) is 8.90. The molecule has 0 saturated heterocycles. The van der Waals surface area contributed by atoms with Gasteiger partial charge in [-0.15, -0.1) is 0 Å². The van der Waals surface area contributed by atoms with E-state index in [0.29, 0.717) is 12.2 Å². The normalized spacial score (nSPS) is 12.6. The molecule has 2 aromatic rings. The standard InChI is InChI=1S/C11H13N3O2/c1-2-7(11(15)16)10-13-6-9(14-10)8-4-3-5-12-8/h3-7,12H,2H2,1H3,(H,13,14)(H,15,16). The number of aromatic nitrogens is 3. The fourth-order valence-corrected chi connectivity index (χ4v) is 1.63. The van der Waals surface area contributed by atoms with Crippen molar-refractivity contribution in [1.82, 2.24) is 15.0 Å². The molecule has 0 aliphatic rings. The number of carboxylic acid groups (broad SMARTS) is 1. The maximum atomic E-state index is 11.0. The van der Waals surface area contributed by atoms with Gasteiger partial charge < -0.3 is 15.1 Å². The van der Waals surface area contributed by atoms with Crippen LogP contribution in [0.5, 0.6) is 0 Å². The van der Waals surface area contributed by atoms with Gasteiger partial charge in [-0.25, -0.2) is 4.98 Å². The summed E-state index contributed by atoms with van der Waals surface area (Å²) in [6.07, 6.45) is 3.98. The van der Waals surface area contributed by atoms with Crippen molar-refractivity contribution >= 4 is 5.97 Å². The van der Waals surface area contributed by atoms with Gasteiger partial charge in [0.15, 0.2) is 0 Å². The van der Waals surface area contributed by atoms with Crippen molar-refractivity contribution in [3.8, 4) is 11.4 Å². The second-order valence-electron chi connectivity index (χ2n) is 3.56. The minimum atomic E-state index is -0.852. The lowest BCUT2D eigenvalue weighted by Crippen LogP contribution is -2.11. The Morgan fingerprint density at radius 3 is 2.94 bits per heavy atom. The number of aliphatic carboxylic acids is 1. The van der Waals surface area contributed by atoms with Gasteiger partial charge in [-0.1, -0.05) is 6.92 Å². The maximum absolute atomic E-state index is 11.0. The van der Waals surface area contributed by atoms with Crippen LogP contribution in [-0.2, 0) is 4.79 Å². The Balaban J connectivity index is 2.29. The first-order valence-electron chi connectivity index (χ1n) is 5.13. The van der Waals surface area contributed by atoms with Crippen LogP contribution in [0.15, 0.2) is 24.5 Å². The Morgan fingerprint density at radius 2 is 2.38 bits per heavy atom. The number of nitrogens with zero attached hydrogens (tertiary/aromatic N) is 1. The molecule has 0 fully saturated rings. The molecule has 0 spiro atoms. The zero-order valence-corrected chi connectivity index (χ0v) is 8.90. The van der Waals surface area contributed by atoms with E-state index in [-0.39, 0.29) is 0 Å².